The number of aromatic nitrogens is 1. The maximum absolute atomic E-state index is 14.0. The SMILES string of the molecule is CC1=C(CC(=O)N[C@@H](Cc2cc(F)cc(F)c2)c2ncccc2-c2ccc(C)cc2)c2cc(F)ccc2C1. The normalized spacial score (nSPS) is 13.4. The first-order valence-electron chi connectivity index (χ1n) is 12.5. The lowest BCUT2D eigenvalue weighted by molar-refractivity contribution is -0.120. The van der Waals surface area contributed by atoms with Gasteiger partial charge >= 0.3 is 0 Å². The monoisotopic (exact) mass is 512 g/mol. The van der Waals surface area contributed by atoms with Crippen LogP contribution in [0, 0.1) is 24.4 Å². The van der Waals surface area contributed by atoms with Gasteiger partial charge in [-0.15, -0.1) is 0 Å². The maximum atomic E-state index is 14.0. The fourth-order valence-corrected chi connectivity index (χ4v) is 5.11. The van der Waals surface area contributed by atoms with Crippen LogP contribution in [0.5, 0.6) is 0 Å². The summed E-state index contributed by atoms with van der Waals surface area (Å²) in [7, 11) is 0. The number of fused-ring (bicyclic) bond motifs is 1. The molecular formula is C32H27F3N2O. The van der Waals surface area contributed by atoms with Crippen molar-refractivity contribution in [2.24, 2.45) is 0 Å². The van der Waals surface area contributed by atoms with Crippen LogP contribution in [0.4, 0.5) is 13.2 Å². The number of hydrogen-bond acceptors (Lipinski definition) is 2. The molecule has 0 aliphatic heterocycles. The number of amides is 1. The number of rotatable bonds is 7. The van der Waals surface area contributed by atoms with E-state index in [4.69, 9.17) is 0 Å². The van der Waals surface area contributed by atoms with Gasteiger partial charge in [-0.3, -0.25) is 9.78 Å². The van der Waals surface area contributed by atoms with E-state index in [9.17, 15) is 18.0 Å². The smallest absolute Gasteiger partial charge is 0.224 e. The third-order valence-corrected chi connectivity index (χ3v) is 6.93. The molecule has 38 heavy (non-hydrogen) atoms. The highest BCUT2D eigenvalue weighted by Crippen LogP contribution is 2.36. The molecule has 0 bridgehead atoms. The molecule has 0 fully saturated rings. The van der Waals surface area contributed by atoms with E-state index in [0.29, 0.717) is 17.7 Å². The Labute approximate surface area is 220 Å². The summed E-state index contributed by atoms with van der Waals surface area (Å²) < 4.78 is 42.0. The van der Waals surface area contributed by atoms with Crippen LogP contribution < -0.4 is 5.32 Å². The van der Waals surface area contributed by atoms with Crippen LogP contribution in [0.3, 0.4) is 0 Å². The van der Waals surface area contributed by atoms with Crippen molar-refractivity contribution in [1.82, 2.24) is 10.3 Å². The summed E-state index contributed by atoms with van der Waals surface area (Å²) in [4.78, 5) is 18.0. The number of carbonyl (C=O) groups is 1. The van der Waals surface area contributed by atoms with Crippen LogP contribution in [0.15, 0.2) is 84.6 Å². The summed E-state index contributed by atoms with van der Waals surface area (Å²) in [5.41, 5.74) is 7.39. The fourth-order valence-electron chi connectivity index (χ4n) is 5.11. The number of aryl methyl sites for hydroxylation is 1. The first kappa shape index (κ1) is 25.5. The Kier molecular flexibility index (Phi) is 7.14. The Balaban J connectivity index is 1.49. The molecule has 6 heteroatoms. The van der Waals surface area contributed by atoms with Crippen LogP contribution in [-0.4, -0.2) is 10.9 Å². The Morgan fingerprint density at radius 3 is 2.37 bits per heavy atom. The number of pyridine rings is 1. The van der Waals surface area contributed by atoms with Crippen molar-refractivity contribution in [1.29, 1.82) is 0 Å². The molecule has 1 amide bonds. The Morgan fingerprint density at radius 1 is 0.895 bits per heavy atom. The molecule has 5 rings (SSSR count). The quantitative estimate of drug-likeness (QED) is 0.282. The molecule has 0 saturated carbocycles. The highest BCUT2D eigenvalue weighted by molar-refractivity contribution is 5.92. The first-order chi connectivity index (χ1) is 18.3. The number of carbonyl (C=O) groups excluding carboxylic acids is 1. The summed E-state index contributed by atoms with van der Waals surface area (Å²) >= 11 is 0. The van der Waals surface area contributed by atoms with E-state index in [1.807, 2.05) is 50.2 Å². The van der Waals surface area contributed by atoms with Crippen molar-refractivity contribution in [2.45, 2.75) is 39.2 Å². The van der Waals surface area contributed by atoms with E-state index in [0.717, 1.165) is 45.0 Å². The number of halogens is 3. The lowest BCUT2D eigenvalue weighted by Gasteiger charge is -2.22. The summed E-state index contributed by atoms with van der Waals surface area (Å²) in [6.07, 6.45) is 2.51. The Hall–Kier alpha value is -4.19. The Bertz CT molecular complexity index is 1520. The van der Waals surface area contributed by atoms with Crippen LogP contribution >= 0.6 is 0 Å². The molecule has 1 aliphatic rings. The van der Waals surface area contributed by atoms with E-state index >= 15 is 0 Å². The molecule has 4 aromatic rings. The van der Waals surface area contributed by atoms with E-state index in [2.05, 4.69) is 10.3 Å². The van der Waals surface area contributed by atoms with Crippen molar-refractivity contribution < 1.29 is 18.0 Å². The third kappa shape index (κ3) is 5.54. The fraction of sp³-hybridized carbons (Fsp3) is 0.188. The van der Waals surface area contributed by atoms with Gasteiger partial charge in [-0.25, -0.2) is 13.2 Å². The van der Waals surface area contributed by atoms with Crippen molar-refractivity contribution in [3.8, 4) is 11.1 Å². The van der Waals surface area contributed by atoms with Crippen LogP contribution in [0.1, 0.15) is 47.3 Å². The van der Waals surface area contributed by atoms with Crippen LogP contribution in [0.2, 0.25) is 0 Å². The summed E-state index contributed by atoms with van der Waals surface area (Å²) in [5, 5.41) is 3.06. The molecule has 1 aromatic heterocycles. The average Bonchev–Trinajstić information content (AvgIpc) is 3.17. The molecule has 0 saturated heterocycles. The second kappa shape index (κ2) is 10.7. The van der Waals surface area contributed by atoms with Gasteiger partial charge in [0.2, 0.25) is 5.91 Å². The first-order valence-corrected chi connectivity index (χ1v) is 12.5. The number of nitrogens with one attached hydrogen (secondary N) is 1. The lowest BCUT2D eigenvalue weighted by Crippen LogP contribution is -2.31. The van der Waals surface area contributed by atoms with Crippen molar-refractivity contribution in [3.63, 3.8) is 0 Å². The zero-order valence-corrected chi connectivity index (χ0v) is 21.2. The van der Waals surface area contributed by atoms with E-state index in [-0.39, 0.29) is 24.6 Å². The minimum atomic E-state index is -0.685. The molecule has 1 atom stereocenters. The molecule has 1 heterocycles. The highest BCUT2D eigenvalue weighted by atomic mass is 19.1. The largest absolute Gasteiger partial charge is 0.347 e. The van der Waals surface area contributed by atoms with Crippen molar-refractivity contribution >= 4 is 11.5 Å². The van der Waals surface area contributed by atoms with Gasteiger partial charge in [0.15, 0.2) is 0 Å². The van der Waals surface area contributed by atoms with E-state index < -0.39 is 17.7 Å². The van der Waals surface area contributed by atoms with Gasteiger partial charge in [0.25, 0.3) is 0 Å². The van der Waals surface area contributed by atoms with Gasteiger partial charge in [0.1, 0.15) is 17.5 Å². The molecule has 192 valence electrons. The highest BCUT2D eigenvalue weighted by Gasteiger charge is 2.25. The summed E-state index contributed by atoms with van der Waals surface area (Å²) in [5.74, 6) is -2.00. The minimum Gasteiger partial charge on any atom is -0.347 e. The van der Waals surface area contributed by atoms with Gasteiger partial charge in [-0.05, 0) is 84.8 Å². The molecule has 0 radical (unpaired) electrons. The maximum Gasteiger partial charge on any atom is 0.224 e. The Morgan fingerprint density at radius 2 is 1.63 bits per heavy atom. The van der Waals surface area contributed by atoms with Crippen molar-refractivity contribution in [2.75, 3.05) is 0 Å². The topological polar surface area (TPSA) is 42.0 Å². The molecule has 1 aliphatic carbocycles. The van der Waals surface area contributed by atoms with E-state index in [1.165, 1.54) is 24.3 Å². The molecule has 1 N–H and O–H groups in total. The van der Waals surface area contributed by atoms with Gasteiger partial charge in [-0.2, -0.15) is 0 Å². The lowest BCUT2D eigenvalue weighted by atomic mass is 9.94. The van der Waals surface area contributed by atoms with Gasteiger partial charge in [0, 0.05) is 17.8 Å². The zero-order valence-electron chi connectivity index (χ0n) is 21.2. The number of hydrogen-bond donors (Lipinski definition) is 1. The van der Waals surface area contributed by atoms with E-state index in [1.54, 1.807) is 12.3 Å². The van der Waals surface area contributed by atoms with Gasteiger partial charge < -0.3 is 5.32 Å². The number of benzene rings is 3. The number of allylic oxidation sites excluding steroid dienone is 1. The van der Waals surface area contributed by atoms with Crippen LogP contribution in [-0.2, 0) is 17.6 Å². The third-order valence-electron chi connectivity index (χ3n) is 6.93. The summed E-state index contributed by atoms with van der Waals surface area (Å²) in [6.45, 7) is 3.95. The predicted octanol–water partition coefficient (Wildman–Crippen LogP) is 7.29. The zero-order chi connectivity index (χ0) is 26.8. The summed E-state index contributed by atoms with van der Waals surface area (Å²) in [6, 6.07) is 19.0. The van der Waals surface area contributed by atoms with Gasteiger partial charge in [-0.1, -0.05) is 47.5 Å². The molecule has 0 unspecified atom stereocenters. The number of nitrogens with zero attached hydrogens (tertiary/aromatic N) is 1. The second-order valence-electron chi connectivity index (χ2n) is 9.82. The molecule has 0 spiro atoms. The molecule has 3 aromatic carbocycles. The predicted molar refractivity (Wildman–Crippen MR) is 143 cm³/mol. The molecular weight excluding hydrogens is 485 g/mol. The standard InChI is InChI=1S/C32H27F3N2O/c1-19-5-7-22(8-6-19)27-4-3-11-36-32(27)30(15-21-13-25(34)16-26(35)14-21)37-31(38)18-28-20(2)12-23-9-10-24(33)17-29(23)28/h3-11,13-14,16-17,30H,12,15,18H2,1-2H3,(H,37,38)/t30-/m0/s1. The van der Waals surface area contributed by atoms with Crippen LogP contribution in [0.25, 0.3) is 16.7 Å². The average molecular weight is 513 g/mol. The second-order valence-corrected chi connectivity index (χ2v) is 9.82. The molecule has 3 nitrogen and oxygen atoms in total. The minimum absolute atomic E-state index is 0.0585. The van der Waals surface area contributed by atoms with Gasteiger partial charge in [0.05, 0.1) is 18.2 Å². The van der Waals surface area contributed by atoms with Crippen molar-refractivity contribution in [3.05, 3.63) is 130 Å².